The lowest BCUT2D eigenvalue weighted by molar-refractivity contribution is -0.157. The van der Waals surface area contributed by atoms with Gasteiger partial charge >= 0.3 is 5.97 Å². The van der Waals surface area contributed by atoms with Crippen LogP contribution in [0.15, 0.2) is 35.2 Å². The summed E-state index contributed by atoms with van der Waals surface area (Å²) in [4.78, 5) is 12.6. The number of rotatable bonds is 6. The first-order chi connectivity index (χ1) is 11.7. The van der Waals surface area contributed by atoms with Crippen molar-refractivity contribution in [3.05, 3.63) is 30.3 Å². The Hall–Kier alpha value is -1.40. The SMILES string of the molecule is CC(NS(=O)(=O)c1ccccc1)C(=O)O[C@H]1C[C@@H](C)CC[C@@H]1C(C)C. The first-order valence-electron chi connectivity index (χ1n) is 8.98. The highest BCUT2D eigenvalue weighted by Crippen LogP contribution is 2.35. The summed E-state index contributed by atoms with van der Waals surface area (Å²) in [6.45, 7) is 7.98. The number of nitrogens with one attached hydrogen (secondary N) is 1. The fraction of sp³-hybridized carbons (Fsp3) is 0.632. The van der Waals surface area contributed by atoms with E-state index in [2.05, 4.69) is 25.5 Å². The molecular weight excluding hydrogens is 338 g/mol. The number of carbonyl (C=O) groups is 1. The zero-order chi connectivity index (χ0) is 18.6. The maximum Gasteiger partial charge on any atom is 0.324 e. The molecule has 4 atom stereocenters. The van der Waals surface area contributed by atoms with Crippen LogP contribution < -0.4 is 4.72 Å². The first-order valence-corrected chi connectivity index (χ1v) is 10.5. The maximum atomic E-state index is 12.4. The van der Waals surface area contributed by atoms with Gasteiger partial charge < -0.3 is 4.74 Å². The summed E-state index contributed by atoms with van der Waals surface area (Å²) in [5.41, 5.74) is 0. The van der Waals surface area contributed by atoms with Gasteiger partial charge in [0.25, 0.3) is 0 Å². The number of hydrogen-bond donors (Lipinski definition) is 1. The third-order valence-electron chi connectivity index (χ3n) is 4.97. The molecule has 1 aromatic carbocycles. The molecule has 1 aliphatic carbocycles. The molecule has 1 fully saturated rings. The zero-order valence-corrected chi connectivity index (χ0v) is 16.3. The van der Waals surface area contributed by atoms with Crippen LogP contribution in [-0.4, -0.2) is 26.5 Å². The van der Waals surface area contributed by atoms with Crippen molar-refractivity contribution >= 4 is 16.0 Å². The van der Waals surface area contributed by atoms with Crippen molar-refractivity contribution in [2.24, 2.45) is 17.8 Å². The second-order valence-corrected chi connectivity index (χ2v) is 9.17. The van der Waals surface area contributed by atoms with Crippen LogP contribution in [0.25, 0.3) is 0 Å². The molecule has 1 unspecified atom stereocenters. The van der Waals surface area contributed by atoms with Gasteiger partial charge in [0.1, 0.15) is 12.1 Å². The average molecular weight is 368 g/mol. The molecule has 1 aliphatic rings. The van der Waals surface area contributed by atoms with Crippen molar-refractivity contribution in [1.29, 1.82) is 0 Å². The highest BCUT2D eigenvalue weighted by atomic mass is 32.2. The van der Waals surface area contributed by atoms with E-state index in [4.69, 9.17) is 4.74 Å². The smallest absolute Gasteiger partial charge is 0.324 e. The van der Waals surface area contributed by atoms with Crippen molar-refractivity contribution in [2.75, 3.05) is 0 Å². The number of ether oxygens (including phenoxy) is 1. The first kappa shape index (κ1) is 19.9. The quantitative estimate of drug-likeness (QED) is 0.783. The lowest BCUT2D eigenvalue weighted by Gasteiger charge is -2.37. The molecule has 0 aromatic heterocycles. The molecule has 0 aliphatic heterocycles. The Morgan fingerprint density at radius 1 is 1.16 bits per heavy atom. The molecule has 2 rings (SSSR count). The van der Waals surface area contributed by atoms with Crippen LogP contribution in [0.2, 0.25) is 0 Å². The Kier molecular flexibility index (Phi) is 6.63. The van der Waals surface area contributed by atoms with E-state index >= 15 is 0 Å². The van der Waals surface area contributed by atoms with E-state index in [0.717, 1.165) is 19.3 Å². The average Bonchev–Trinajstić information content (AvgIpc) is 2.55. The van der Waals surface area contributed by atoms with Gasteiger partial charge in [0.05, 0.1) is 4.90 Å². The van der Waals surface area contributed by atoms with E-state index in [0.29, 0.717) is 17.8 Å². The third kappa shape index (κ3) is 5.28. The van der Waals surface area contributed by atoms with Gasteiger partial charge in [-0.2, -0.15) is 4.72 Å². The minimum absolute atomic E-state index is 0.139. The molecule has 0 saturated heterocycles. The number of benzene rings is 1. The summed E-state index contributed by atoms with van der Waals surface area (Å²) in [5, 5.41) is 0. The monoisotopic (exact) mass is 367 g/mol. The minimum Gasteiger partial charge on any atom is -0.461 e. The molecular formula is C19H29NO4S. The van der Waals surface area contributed by atoms with Crippen LogP contribution in [0, 0.1) is 17.8 Å². The Balaban J connectivity index is 2.02. The van der Waals surface area contributed by atoms with Gasteiger partial charge in [0.15, 0.2) is 0 Å². The van der Waals surface area contributed by atoms with Gasteiger partial charge in [-0.05, 0) is 49.7 Å². The van der Waals surface area contributed by atoms with Crippen molar-refractivity contribution < 1.29 is 17.9 Å². The Labute approximate surface area is 151 Å². The van der Waals surface area contributed by atoms with Crippen LogP contribution in [0.3, 0.4) is 0 Å². The summed E-state index contributed by atoms with van der Waals surface area (Å²) in [6.07, 6.45) is 2.89. The fourth-order valence-corrected chi connectivity index (χ4v) is 4.66. The Bertz CT molecular complexity index is 672. The third-order valence-corrected chi connectivity index (χ3v) is 6.52. The molecule has 1 saturated carbocycles. The number of carbonyl (C=O) groups excluding carboxylic acids is 1. The van der Waals surface area contributed by atoms with E-state index in [1.54, 1.807) is 18.2 Å². The Morgan fingerprint density at radius 3 is 2.40 bits per heavy atom. The minimum atomic E-state index is -3.74. The molecule has 25 heavy (non-hydrogen) atoms. The van der Waals surface area contributed by atoms with Crippen molar-refractivity contribution in [3.63, 3.8) is 0 Å². The van der Waals surface area contributed by atoms with Crippen molar-refractivity contribution in [2.45, 2.75) is 64.0 Å². The lowest BCUT2D eigenvalue weighted by Crippen LogP contribution is -2.43. The summed E-state index contributed by atoms with van der Waals surface area (Å²) in [7, 11) is -3.74. The fourth-order valence-electron chi connectivity index (χ4n) is 3.45. The maximum absolute atomic E-state index is 12.4. The van der Waals surface area contributed by atoms with E-state index in [1.807, 2.05) is 0 Å². The molecule has 140 valence electrons. The van der Waals surface area contributed by atoms with Crippen molar-refractivity contribution in [3.8, 4) is 0 Å². The molecule has 0 bridgehead atoms. The predicted molar refractivity (Wildman–Crippen MR) is 97.4 cm³/mol. The van der Waals surface area contributed by atoms with Crippen molar-refractivity contribution in [1.82, 2.24) is 4.72 Å². The van der Waals surface area contributed by atoms with Crippen LogP contribution in [0.1, 0.15) is 47.0 Å². The summed E-state index contributed by atoms with van der Waals surface area (Å²) >= 11 is 0. The van der Waals surface area contributed by atoms with E-state index in [1.165, 1.54) is 19.1 Å². The summed E-state index contributed by atoms with van der Waals surface area (Å²) < 4.78 is 32.8. The number of hydrogen-bond acceptors (Lipinski definition) is 4. The highest BCUT2D eigenvalue weighted by Gasteiger charge is 2.35. The zero-order valence-electron chi connectivity index (χ0n) is 15.4. The normalized spacial score (nSPS) is 25.6. The summed E-state index contributed by atoms with van der Waals surface area (Å²) in [5.74, 6) is 0.771. The molecule has 0 amide bonds. The molecule has 1 aromatic rings. The second-order valence-electron chi connectivity index (χ2n) is 7.46. The molecule has 0 radical (unpaired) electrons. The van der Waals surface area contributed by atoms with E-state index in [9.17, 15) is 13.2 Å². The van der Waals surface area contributed by atoms with Crippen LogP contribution in [0.4, 0.5) is 0 Å². The van der Waals surface area contributed by atoms with Crippen LogP contribution in [-0.2, 0) is 19.6 Å². The number of sulfonamides is 1. The highest BCUT2D eigenvalue weighted by molar-refractivity contribution is 7.89. The molecule has 6 heteroatoms. The lowest BCUT2D eigenvalue weighted by atomic mass is 9.75. The van der Waals surface area contributed by atoms with Gasteiger partial charge in [-0.25, -0.2) is 8.42 Å². The van der Waals surface area contributed by atoms with Gasteiger partial charge in [0.2, 0.25) is 10.0 Å². The predicted octanol–water partition coefficient (Wildman–Crippen LogP) is 3.36. The standard InChI is InChI=1S/C19H29NO4S/c1-13(2)17-11-10-14(3)12-18(17)24-19(21)15(4)20-25(22,23)16-8-6-5-7-9-16/h5-9,13-15,17-18,20H,10-12H2,1-4H3/t14-,15?,17+,18-/m0/s1. The molecule has 5 nitrogen and oxygen atoms in total. The van der Waals surface area contributed by atoms with Gasteiger partial charge in [-0.1, -0.05) is 45.4 Å². The van der Waals surface area contributed by atoms with Gasteiger partial charge in [-0.15, -0.1) is 0 Å². The van der Waals surface area contributed by atoms with E-state index < -0.39 is 22.0 Å². The van der Waals surface area contributed by atoms with Gasteiger partial charge in [-0.3, -0.25) is 4.79 Å². The second kappa shape index (κ2) is 8.32. The summed E-state index contributed by atoms with van der Waals surface area (Å²) in [6, 6.07) is 7.11. The molecule has 0 spiro atoms. The topological polar surface area (TPSA) is 72.5 Å². The number of esters is 1. The largest absolute Gasteiger partial charge is 0.461 e. The van der Waals surface area contributed by atoms with Crippen LogP contribution in [0.5, 0.6) is 0 Å². The molecule has 1 N–H and O–H groups in total. The molecule has 0 heterocycles. The Morgan fingerprint density at radius 2 is 1.80 bits per heavy atom. The van der Waals surface area contributed by atoms with Crippen LogP contribution >= 0.6 is 0 Å². The van der Waals surface area contributed by atoms with E-state index in [-0.39, 0.29) is 11.0 Å². The van der Waals surface area contributed by atoms with Gasteiger partial charge in [0, 0.05) is 0 Å².